The third-order valence-corrected chi connectivity index (χ3v) is 4.72. The van der Waals surface area contributed by atoms with Gasteiger partial charge in [-0.25, -0.2) is 26.8 Å². The molecule has 0 aliphatic heterocycles. The van der Waals surface area contributed by atoms with Crippen molar-refractivity contribution in [2.75, 3.05) is 18.7 Å². The highest BCUT2D eigenvalue weighted by molar-refractivity contribution is 7.90. The van der Waals surface area contributed by atoms with Crippen LogP contribution in [0.4, 0.5) is 23.2 Å². The summed E-state index contributed by atoms with van der Waals surface area (Å²) in [6, 6.07) is 5.26. The van der Waals surface area contributed by atoms with E-state index in [9.17, 15) is 21.8 Å². The number of nitrogens with one attached hydrogen (secondary N) is 2. The van der Waals surface area contributed by atoms with Crippen molar-refractivity contribution < 1.29 is 26.5 Å². The van der Waals surface area contributed by atoms with E-state index in [1.54, 1.807) is 0 Å². The molecular formula is C20H20F4N4O2S. The highest BCUT2D eigenvalue weighted by atomic mass is 32.2. The Morgan fingerprint density at radius 2 is 2.00 bits per heavy atom. The maximum atomic E-state index is 14.4. The Hall–Kier alpha value is -3.34. The van der Waals surface area contributed by atoms with Gasteiger partial charge < -0.3 is 15.8 Å². The highest BCUT2D eigenvalue weighted by Gasteiger charge is 2.17. The van der Waals surface area contributed by atoms with Gasteiger partial charge in [0.15, 0.2) is 17.5 Å². The van der Waals surface area contributed by atoms with E-state index >= 15 is 0 Å². The zero-order valence-electron chi connectivity index (χ0n) is 16.6. The number of benzene rings is 2. The quantitative estimate of drug-likeness (QED) is 0.404. The van der Waals surface area contributed by atoms with Gasteiger partial charge in [0.05, 0.1) is 12.9 Å². The maximum Gasteiger partial charge on any atom is 0.165 e. The molecule has 0 radical (unpaired) electrons. The van der Waals surface area contributed by atoms with Gasteiger partial charge in [0, 0.05) is 51.1 Å². The summed E-state index contributed by atoms with van der Waals surface area (Å²) in [6.45, 7) is 3.60. The van der Waals surface area contributed by atoms with Gasteiger partial charge >= 0.3 is 0 Å². The van der Waals surface area contributed by atoms with Crippen LogP contribution in [0.5, 0.6) is 5.75 Å². The summed E-state index contributed by atoms with van der Waals surface area (Å²) in [7, 11) is -1.88. The Bertz CT molecular complexity index is 1180. The zero-order chi connectivity index (χ0) is 23.3. The molecule has 0 aliphatic carbocycles. The van der Waals surface area contributed by atoms with E-state index in [2.05, 4.69) is 16.9 Å². The lowest BCUT2D eigenvalue weighted by Crippen LogP contribution is -2.10. The van der Waals surface area contributed by atoms with Crippen LogP contribution in [-0.4, -0.2) is 23.3 Å². The van der Waals surface area contributed by atoms with Crippen molar-refractivity contribution in [2.45, 2.75) is 5.75 Å². The number of aliphatic imine (C=N–C) groups is 1. The van der Waals surface area contributed by atoms with Crippen molar-refractivity contribution >= 4 is 21.1 Å². The molecule has 0 heterocycles. The van der Waals surface area contributed by atoms with Crippen LogP contribution in [0.15, 0.2) is 59.8 Å². The van der Waals surface area contributed by atoms with Crippen molar-refractivity contribution in [3.63, 3.8) is 0 Å². The van der Waals surface area contributed by atoms with Crippen molar-refractivity contribution in [1.29, 1.82) is 4.78 Å². The number of methoxy groups -OCH3 is 1. The fourth-order valence-electron chi connectivity index (χ4n) is 2.63. The first-order valence-corrected chi connectivity index (χ1v) is 10.7. The molecule has 0 bridgehead atoms. The summed E-state index contributed by atoms with van der Waals surface area (Å²) >= 11 is 0. The lowest BCUT2D eigenvalue weighted by atomic mass is 10.1. The van der Waals surface area contributed by atoms with Crippen molar-refractivity contribution in [1.82, 2.24) is 0 Å². The molecule has 4 N–H and O–H groups in total. The Balaban J connectivity index is 2.45. The number of rotatable bonds is 8. The van der Waals surface area contributed by atoms with Crippen LogP contribution in [-0.2, 0) is 15.5 Å². The average Bonchev–Trinajstić information content (AvgIpc) is 2.68. The van der Waals surface area contributed by atoms with Gasteiger partial charge in [0.1, 0.15) is 23.1 Å². The largest absolute Gasteiger partial charge is 0.496 e. The molecule has 2 aromatic carbocycles. The number of allylic oxidation sites excluding steroid dienone is 1. The smallest absolute Gasteiger partial charge is 0.165 e. The van der Waals surface area contributed by atoms with Crippen LogP contribution in [0.2, 0.25) is 0 Å². The number of hydrogen-bond donors (Lipinski definition) is 3. The summed E-state index contributed by atoms with van der Waals surface area (Å²) in [5.41, 5.74) is 4.68. The zero-order valence-corrected chi connectivity index (χ0v) is 17.5. The molecule has 2 aromatic rings. The topological polar surface area (TPSA) is 101 Å². The monoisotopic (exact) mass is 456 g/mol. The van der Waals surface area contributed by atoms with E-state index in [4.69, 9.17) is 15.3 Å². The second kappa shape index (κ2) is 9.65. The second-order valence-corrected chi connectivity index (χ2v) is 8.77. The van der Waals surface area contributed by atoms with Crippen LogP contribution in [0.3, 0.4) is 0 Å². The molecule has 0 aromatic heterocycles. The Morgan fingerprint density at radius 1 is 1.32 bits per heavy atom. The Kier molecular flexibility index (Phi) is 7.45. The molecule has 1 atom stereocenters. The molecule has 1 unspecified atom stereocenters. The van der Waals surface area contributed by atoms with Crippen LogP contribution in [0.25, 0.3) is 0 Å². The molecule has 0 amide bonds. The van der Waals surface area contributed by atoms with Gasteiger partial charge in [0.25, 0.3) is 0 Å². The Morgan fingerprint density at radius 3 is 2.58 bits per heavy atom. The lowest BCUT2D eigenvalue weighted by Gasteiger charge is -2.13. The van der Waals surface area contributed by atoms with Crippen LogP contribution in [0.1, 0.15) is 11.1 Å². The predicted molar refractivity (Wildman–Crippen MR) is 112 cm³/mol. The summed E-state index contributed by atoms with van der Waals surface area (Å²) < 4.78 is 79.9. The summed E-state index contributed by atoms with van der Waals surface area (Å²) in [5.74, 6) is -4.79. The number of nitrogens with zero attached hydrogens (tertiary/aromatic N) is 1. The number of halogens is 4. The van der Waals surface area contributed by atoms with Gasteiger partial charge in [-0.05, 0) is 18.2 Å². The third-order valence-electron chi connectivity index (χ3n) is 3.86. The fraction of sp³-hybridized carbons (Fsp3) is 0.150. The molecule has 31 heavy (non-hydrogen) atoms. The maximum absolute atomic E-state index is 14.4. The van der Waals surface area contributed by atoms with Gasteiger partial charge in [-0.1, -0.05) is 6.58 Å². The SMILES string of the molecule is C=C(/N=C(\C(F)=C/N)c1ccc(F)cc1OC)Nc1cc(F)c(F)c(CS(C)(=N)=O)c1. The van der Waals surface area contributed by atoms with Crippen LogP contribution < -0.4 is 15.8 Å². The first-order chi connectivity index (χ1) is 14.4. The molecule has 6 nitrogen and oxygen atoms in total. The first-order valence-electron chi connectivity index (χ1n) is 8.61. The molecule has 166 valence electrons. The minimum atomic E-state index is -3.14. The van der Waals surface area contributed by atoms with E-state index in [-0.39, 0.29) is 34.1 Å². The molecule has 0 aliphatic rings. The number of ether oxygens (including phenoxy) is 1. The van der Waals surface area contributed by atoms with Gasteiger partial charge in [-0.3, -0.25) is 4.78 Å². The van der Waals surface area contributed by atoms with Crippen molar-refractivity contribution in [3.8, 4) is 5.75 Å². The van der Waals surface area contributed by atoms with Crippen molar-refractivity contribution in [2.24, 2.45) is 10.7 Å². The highest BCUT2D eigenvalue weighted by Crippen LogP contribution is 2.26. The minimum Gasteiger partial charge on any atom is -0.496 e. The van der Waals surface area contributed by atoms with E-state index in [0.717, 1.165) is 30.5 Å². The average molecular weight is 456 g/mol. The summed E-state index contributed by atoms with van der Waals surface area (Å²) in [5, 5.41) is 2.57. The molecule has 0 spiro atoms. The van der Waals surface area contributed by atoms with E-state index in [1.165, 1.54) is 13.2 Å². The van der Waals surface area contributed by atoms with Crippen LogP contribution >= 0.6 is 0 Å². The molecule has 0 saturated carbocycles. The van der Waals surface area contributed by atoms with Gasteiger partial charge in [-0.2, -0.15) is 0 Å². The molecular weight excluding hydrogens is 436 g/mol. The molecule has 0 fully saturated rings. The summed E-state index contributed by atoms with van der Waals surface area (Å²) in [4.78, 5) is 3.98. The summed E-state index contributed by atoms with van der Waals surface area (Å²) in [6.07, 6.45) is 1.73. The molecule has 0 saturated heterocycles. The lowest BCUT2D eigenvalue weighted by molar-refractivity contribution is 0.410. The predicted octanol–water partition coefficient (Wildman–Crippen LogP) is 4.43. The molecule has 2 rings (SSSR count). The number of hydrogen-bond acceptors (Lipinski definition) is 6. The van der Waals surface area contributed by atoms with E-state index in [0.29, 0.717) is 6.20 Å². The fourth-order valence-corrected chi connectivity index (χ4v) is 3.43. The Labute approximate surface area is 177 Å². The van der Waals surface area contributed by atoms with Crippen molar-refractivity contribution in [3.05, 3.63) is 83.3 Å². The number of nitrogens with two attached hydrogens (primary N) is 1. The number of anilines is 1. The standard InChI is InChI=1S/C20H20F4N4O2S/c1-11(27-14-6-12(10-31(3,26)29)19(24)16(22)8-14)28-20(17(23)9-25)15-5-4-13(21)7-18(15)30-2/h4-9,26-27H,1,10,25H2,2-3H3/b17-9+,28-20-. The second-order valence-electron chi connectivity index (χ2n) is 6.47. The first kappa shape index (κ1) is 23.9. The van der Waals surface area contributed by atoms with Gasteiger partial charge in [0.2, 0.25) is 0 Å². The van der Waals surface area contributed by atoms with E-state index < -0.39 is 38.8 Å². The van der Waals surface area contributed by atoms with Crippen LogP contribution in [0, 0.1) is 22.2 Å². The third kappa shape index (κ3) is 6.32. The minimum absolute atomic E-state index is 0.0196. The van der Waals surface area contributed by atoms with E-state index in [1.807, 2.05) is 0 Å². The normalized spacial score (nSPS) is 14.1. The van der Waals surface area contributed by atoms with Gasteiger partial charge in [-0.15, -0.1) is 0 Å². The molecule has 11 heteroatoms.